The molecule has 0 bridgehead atoms. The van der Waals surface area contributed by atoms with E-state index in [0.29, 0.717) is 54.3 Å². The first-order valence-electron chi connectivity index (χ1n) is 11.0. The van der Waals surface area contributed by atoms with Gasteiger partial charge in [0.25, 0.3) is 0 Å². The topological polar surface area (TPSA) is 109 Å². The molecular formula is C22H26FN7O2S. The van der Waals surface area contributed by atoms with Gasteiger partial charge in [-0.05, 0) is 30.2 Å². The molecule has 2 N–H and O–H groups in total. The number of benzene rings is 1. The van der Waals surface area contributed by atoms with Gasteiger partial charge >= 0.3 is 0 Å². The zero-order valence-corrected chi connectivity index (χ0v) is 19.3. The zero-order chi connectivity index (χ0) is 23.1. The number of hydrogen-bond acceptors (Lipinski definition) is 8. The van der Waals surface area contributed by atoms with E-state index in [1.54, 1.807) is 12.1 Å². The Labute approximate surface area is 193 Å². The summed E-state index contributed by atoms with van der Waals surface area (Å²) in [4.78, 5) is 12.2. The fraction of sp³-hybridized carbons (Fsp3) is 0.455. The Morgan fingerprint density at radius 1 is 1.18 bits per heavy atom. The number of hydrogen-bond donors (Lipinski definition) is 2. The molecule has 4 heterocycles. The van der Waals surface area contributed by atoms with Gasteiger partial charge in [-0.15, -0.1) is 10.2 Å². The minimum absolute atomic E-state index is 0.0443. The van der Waals surface area contributed by atoms with Crippen LogP contribution in [0, 0.1) is 11.7 Å². The molecule has 2 atom stereocenters. The van der Waals surface area contributed by atoms with Gasteiger partial charge in [0.2, 0.25) is 5.95 Å². The Morgan fingerprint density at radius 3 is 2.70 bits per heavy atom. The van der Waals surface area contributed by atoms with Crippen molar-refractivity contribution >= 4 is 22.6 Å². The number of fused-ring (bicyclic) bond motifs is 2. The molecule has 0 amide bonds. The monoisotopic (exact) mass is 471 g/mol. The lowest BCUT2D eigenvalue weighted by atomic mass is 10.1. The highest BCUT2D eigenvalue weighted by Crippen LogP contribution is 2.32. The van der Waals surface area contributed by atoms with Crippen LogP contribution in [0.15, 0.2) is 29.2 Å². The Morgan fingerprint density at radius 2 is 1.97 bits per heavy atom. The molecule has 0 fully saturated rings. The normalized spacial score (nSPS) is 18.3. The third-order valence-corrected chi connectivity index (χ3v) is 7.60. The molecule has 11 heteroatoms. The summed E-state index contributed by atoms with van der Waals surface area (Å²) >= 11 is 0. The second-order valence-electron chi connectivity index (χ2n) is 8.65. The third kappa shape index (κ3) is 4.10. The zero-order valence-electron chi connectivity index (χ0n) is 18.5. The molecule has 2 aliphatic rings. The average molecular weight is 472 g/mol. The largest absolute Gasteiger partial charge is 0.394 e. The molecule has 0 radical (unpaired) electrons. The molecule has 2 aromatic heterocycles. The summed E-state index contributed by atoms with van der Waals surface area (Å²) in [5.41, 5.74) is 1.61. The SMILES string of the molecule is CC(C)[C@H](CO)Nc1nc(N2CCn3c(nnc3-c3ccc(F)cc3)C2)nc2c1S(=O)CC2. The molecule has 9 nitrogen and oxygen atoms in total. The van der Waals surface area contributed by atoms with E-state index in [2.05, 4.69) is 15.5 Å². The first kappa shape index (κ1) is 21.9. The van der Waals surface area contributed by atoms with E-state index < -0.39 is 10.8 Å². The lowest BCUT2D eigenvalue weighted by Gasteiger charge is -2.29. The molecule has 0 saturated heterocycles. The summed E-state index contributed by atoms with van der Waals surface area (Å²) in [5.74, 6) is 2.99. The van der Waals surface area contributed by atoms with Crippen LogP contribution in [0.25, 0.3) is 11.4 Å². The van der Waals surface area contributed by atoms with Crippen LogP contribution in [0.1, 0.15) is 25.4 Å². The van der Waals surface area contributed by atoms with Gasteiger partial charge in [-0.3, -0.25) is 4.21 Å². The van der Waals surface area contributed by atoms with Crippen molar-refractivity contribution < 1.29 is 13.7 Å². The number of anilines is 2. The number of halogens is 1. The fourth-order valence-corrected chi connectivity index (χ4v) is 5.48. The third-order valence-electron chi connectivity index (χ3n) is 6.14. The van der Waals surface area contributed by atoms with Crippen LogP contribution >= 0.6 is 0 Å². The first-order chi connectivity index (χ1) is 15.9. The second kappa shape index (κ2) is 8.79. The maximum Gasteiger partial charge on any atom is 0.228 e. The van der Waals surface area contributed by atoms with Crippen LogP contribution in [-0.2, 0) is 30.3 Å². The van der Waals surface area contributed by atoms with E-state index in [1.807, 2.05) is 23.3 Å². The highest BCUT2D eigenvalue weighted by atomic mass is 32.2. The predicted octanol–water partition coefficient (Wildman–Crippen LogP) is 1.99. The quantitative estimate of drug-likeness (QED) is 0.562. The molecule has 5 rings (SSSR count). The van der Waals surface area contributed by atoms with Gasteiger partial charge in [0.05, 0.1) is 35.7 Å². The maximum atomic E-state index is 13.3. The van der Waals surface area contributed by atoms with Gasteiger partial charge in [0.1, 0.15) is 16.5 Å². The maximum absolute atomic E-state index is 13.3. The standard InChI is InChI=1S/C22H26FN7O2S/c1-13(2)17(12-31)24-20-19-16(7-10-33(19)32)25-22(26-20)29-8-9-30-18(11-29)27-28-21(30)14-3-5-15(23)6-4-14/h3-6,13,17,31H,7-12H2,1-2H3,(H,24,25,26)/t17-,33?/m0/s1. The minimum Gasteiger partial charge on any atom is -0.394 e. The fourth-order valence-electron chi connectivity index (χ4n) is 4.16. The Bertz CT molecular complexity index is 1200. The van der Waals surface area contributed by atoms with Crippen LogP contribution < -0.4 is 10.2 Å². The molecule has 2 aliphatic heterocycles. The molecule has 33 heavy (non-hydrogen) atoms. The number of aliphatic hydroxyl groups is 1. The highest BCUT2D eigenvalue weighted by molar-refractivity contribution is 7.85. The summed E-state index contributed by atoms with van der Waals surface area (Å²) in [6.45, 7) is 5.75. The minimum atomic E-state index is -1.15. The smallest absolute Gasteiger partial charge is 0.228 e. The number of rotatable bonds is 6. The van der Waals surface area contributed by atoms with Gasteiger partial charge in [0.15, 0.2) is 11.6 Å². The van der Waals surface area contributed by atoms with Gasteiger partial charge in [-0.2, -0.15) is 4.98 Å². The lowest BCUT2D eigenvalue weighted by molar-refractivity contribution is 0.249. The average Bonchev–Trinajstić information content (AvgIpc) is 3.41. The van der Waals surface area contributed by atoms with Crippen molar-refractivity contribution in [3.8, 4) is 11.4 Å². The van der Waals surface area contributed by atoms with E-state index >= 15 is 0 Å². The lowest BCUT2D eigenvalue weighted by Crippen LogP contribution is -2.36. The van der Waals surface area contributed by atoms with E-state index in [4.69, 9.17) is 9.97 Å². The van der Waals surface area contributed by atoms with Crippen molar-refractivity contribution in [3.63, 3.8) is 0 Å². The second-order valence-corrected chi connectivity index (χ2v) is 10.2. The van der Waals surface area contributed by atoms with Gasteiger partial charge in [-0.25, -0.2) is 9.37 Å². The molecule has 0 saturated carbocycles. The van der Waals surface area contributed by atoms with Crippen molar-refractivity contribution in [3.05, 3.63) is 41.6 Å². The first-order valence-corrected chi connectivity index (χ1v) is 12.4. The van der Waals surface area contributed by atoms with E-state index in [9.17, 15) is 13.7 Å². The van der Waals surface area contributed by atoms with Crippen LogP contribution in [-0.4, -0.2) is 59.0 Å². The summed E-state index contributed by atoms with van der Waals surface area (Å²) < 4.78 is 27.9. The Hall–Kier alpha value is -2.92. The van der Waals surface area contributed by atoms with Gasteiger partial charge in [-0.1, -0.05) is 13.8 Å². The van der Waals surface area contributed by atoms with Crippen molar-refractivity contribution in [2.24, 2.45) is 5.92 Å². The molecule has 0 spiro atoms. The number of aliphatic hydroxyl groups excluding tert-OH is 1. The van der Waals surface area contributed by atoms with Gasteiger partial charge in [0, 0.05) is 30.8 Å². The number of aryl methyl sites for hydroxylation is 1. The van der Waals surface area contributed by atoms with E-state index in [1.165, 1.54) is 12.1 Å². The Balaban J connectivity index is 1.45. The van der Waals surface area contributed by atoms with Crippen LogP contribution in [0.5, 0.6) is 0 Å². The van der Waals surface area contributed by atoms with Crippen LogP contribution in [0.3, 0.4) is 0 Å². The van der Waals surface area contributed by atoms with Crippen LogP contribution in [0.2, 0.25) is 0 Å². The summed E-state index contributed by atoms with van der Waals surface area (Å²) in [6, 6.07) is 6.04. The molecule has 3 aromatic rings. The molecule has 1 unspecified atom stereocenters. The van der Waals surface area contributed by atoms with Crippen molar-refractivity contribution in [2.45, 2.75) is 44.3 Å². The Kier molecular flexibility index (Phi) is 5.83. The summed E-state index contributed by atoms with van der Waals surface area (Å²) in [7, 11) is -1.15. The molecular weight excluding hydrogens is 445 g/mol. The van der Waals surface area contributed by atoms with Crippen molar-refractivity contribution in [2.75, 3.05) is 29.1 Å². The molecule has 0 aliphatic carbocycles. The van der Waals surface area contributed by atoms with E-state index in [-0.39, 0.29) is 24.4 Å². The van der Waals surface area contributed by atoms with Crippen LogP contribution in [0.4, 0.5) is 16.2 Å². The number of nitrogens with one attached hydrogen (secondary N) is 1. The predicted molar refractivity (Wildman–Crippen MR) is 123 cm³/mol. The summed E-state index contributed by atoms with van der Waals surface area (Å²) in [6.07, 6.45) is 0.635. The molecule has 1 aromatic carbocycles. The number of nitrogens with zero attached hydrogens (tertiary/aromatic N) is 6. The van der Waals surface area contributed by atoms with Crippen molar-refractivity contribution in [1.82, 2.24) is 24.7 Å². The summed E-state index contributed by atoms with van der Waals surface area (Å²) in [5, 5.41) is 21.8. The molecule has 174 valence electrons. The van der Waals surface area contributed by atoms with E-state index in [0.717, 1.165) is 17.1 Å². The highest BCUT2D eigenvalue weighted by Gasteiger charge is 2.30. The van der Waals surface area contributed by atoms with Gasteiger partial charge < -0.3 is 19.9 Å². The number of aromatic nitrogens is 5. The van der Waals surface area contributed by atoms with Crippen molar-refractivity contribution in [1.29, 1.82) is 0 Å².